The zero-order valence-electron chi connectivity index (χ0n) is 23.5. The predicted octanol–water partition coefficient (Wildman–Crippen LogP) is 4.18. The number of ether oxygens (including phenoxy) is 3. The molecule has 1 N–H and O–H groups in total. The summed E-state index contributed by atoms with van der Waals surface area (Å²) in [5, 5.41) is 3.52. The number of alkyl carbamates (subject to hydrolysis) is 1. The highest BCUT2D eigenvalue weighted by Crippen LogP contribution is 2.41. The number of rotatable bonds is 5. The van der Waals surface area contributed by atoms with Crippen molar-refractivity contribution in [2.75, 3.05) is 0 Å². The lowest BCUT2D eigenvalue weighted by Crippen LogP contribution is -2.53. The fourth-order valence-electron chi connectivity index (χ4n) is 5.25. The molecule has 0 saturated heterocycles. The molecule has 1 amide bonds. The van der Waals surface area contributed by atoms with Crippen molar-refractivity contribution < 1.29 is 28.6 Å². The van der Waals surface area contributed by atoms with Gasteiger partial charge in [0.05, 0.1) is 29.0 Å². The molecule has 0 bridgehead atoms. The molecule has 1 aromatic carbocycles. The Balaban J connectivity index is 1.57. The largest absolute Gasteiger partial charge is 0.457 e. The zero-order valence-corrected chi connectivity index (χ0v) is 23.5. The van der Waals surface area contributed by atoms with Gasteiger partial charge in [-0.3, -0.25) is 4.79 Å². The van der Waals surface area contributed by atoms with E-state index in [1.807, 2.05) is 30.3 Å². The van der Waals surface area contributed by atoms with Crippen LogP contribution in [0.15, 0.2) is 41.2 Å². The number of hydrogen-bond acceptors (Lipinski definition) is 8. The molecule has 2 aliphatic heterocycles. The van der Waals surface area contributed by atoms with Crippen molar-refractivity contribution in [1.82, 2.24) is 14.9 Å². The summed E-state index contributed by atoms with van der Waals surface area (Å²) >= 11 is 0. The third-order valence-electron chi connectivity index (χ3n) is 7.25. The lowest BCUT2D eigenvalue weighted by molar-refractivity contribution is -0.191. The van der Waals surface area contributed by atoms with E-state index in [0.29, 0.717) is 17.9 Å². The van der Waals surface area contributed by atoms with Crippen LogP contribution in [0.4, 0.5) is 4.79 Å². The SMILES string of the molecule is CC[C@@]1(OC(=O)C(NC(=O)OC(C)(C)C)C(C)C)C(=O)OCc2c1cc1n(c2=O)Cc2cc3ccccc3nc2-1. The van der Waals surface area contributed by atoms with Gasteiger partial charge in [-0.25, -0.2) is 19.4 Å². The van der Waals surface area contributed by atoms with Gasteiger partial charge in [0.15, 0.2) is 0 Å². The number of cyclic esters (lactones) is 1. The van der Waals surface area contributed by atoms with Crippen LogP contribution in [0.3, 0.4) is 0 Å². The average molecular weight is 548 g/mol. The van der Waals surface area contributed by atoms with E-state index in [2.05, 4.69) is 5.32 Å². The molecule has 3 aromatic rings. The number of nitrogens with zero attached hydrogens (tertiary/aromatic N) is 2. The van der Waals surface area contributed by atoms with E-state index in [1.54, 1.807) is 52.2 Å². The van der Waals surface area contributed by atoms with Crippen molar-refractivity contribution in [2.45, 2.75) is 78.4 Å². The molecule has 2 aromatic heterocycles. The number of para-hydroxylation sites is 1. The summed E-state index contributed by atoms with van der Waals surface area (Å²) in [6.45, 7) is 10.4. The normalized spacial score (nSPS) is 18.4. The number of amides is 1. The quantitative estimate of drug-likeness (QED) is 0.291. The first kappa shape index (κ1) is 27.4. The molecule has 0 saturated carbocycles. The number of pyridine rings is 2. The van der Waals surface area contributed by atoms with Gasteiger partial charge in [0.2, 0.25) is 5.60 Å². The van der Waals surface area contributed by atoms with Crippen LogP contribution in [0.25, 0.3) is 22.3 Å². The van der Waals surface area contributed by atoms with Gasteiger partial charge in [-0.15, -0.1) is 0 Å². The summed E-state index contributed by atoms with van der Waals surface area (Å²) < 4.78 is 18.3. The summed E-state index contributed by atoms with van der Waals surface area (Å²) in [6, 6.07) is 10.3. The van der Waals surface area contributed by atoms with Crippen molar-refractivity contribution in [2.24, 2.45) is 5.92 Å². The molecule has 10 nitrogen and oxygen atoms in total. The third-order valence-corrected chi connectivity index (χ3v) is 7.25. The molecule has 0 aliphatic carbocycles. The fourth-order valence-corrected chi connectivity index (χ4v) is 5.25. The number of esters is 2. The number of carbonyl (C=O) groups is 3. The van der Waals surface area contributed by atoms with Gasteiger partial charge in [-0.05, 0) is 51.3 Å². The number of nitrogens with one attached hydrogen (secondary N) is 1. The van der Waals surface area contributed by atoms with E-state index in [-0.39, 0.29) is 35.6 Å². The van der Waals surface area contributed by atoms with E-state index in [1.165, 1.54) is 0 Å². The van der Waals surface area contributed by atoms with Gasteiger partial charge in [-0.1, -0.05) is 39.0 Å². The van der Waals surface area contributed by atoms with Gasteiger partial charge in [0.1, 0.15) is 18.2 Å². The number of aromatic nitrogens is 2. The second kappa shape index (κ2) is 9.76. The van der Waals surface area contributed by atoms with Crippen LogP contribution >= 0.6 is 0 Å². The van der Waals surface area contributed by atoms with Crippen molar-refractivity contribution in [3.05, 3.63) is 63.4 Å². The minimum atomic E-state index is -1.87. The minimum absolute atomic E-state index is 0.0166. The highest BCUT2D eigenvalue weighted by Gasteiger charge is 2.51. The number of benzene rings is 1. The maximum absolute atomic E-state index is 13.7. The summed E-state index contributed by atoms with van der Waals surface area (Å²) in [4.78, 5) is 57.9. The molecule has 210 valence electrons. The first-order chi connectivity index (χ1) is 18.8. The van der Waals surface area contributed by atoms with Gasteiger partial charge in [0.25, 0.3) is 5.56 Å². The molecule has 2 aliphatic rings. The fraction of sp³-hybridized carbons (Fsp3) is 0.433. The van der Waals surface area contributed by atoms with Crippen LogP contribution in [-0.4, -0.2) is 39.2 Å². The Morgan fingerprint density at radius 2 is 1.90 bits per heavy atom. The smallest absolute Gasteiger partial charge is 0.408 e. The Morgan fingerprint density at radius 1 is 1.18 bits per heavy atom. The Kier molecular flexibility index (Phi) is 6.68. The summed E-state index contributed by atoms with van der Waals surface area (Å²) in [5.41, 5.74) is 0.386. The van der Waals surface area contributed by atoms with Crippen molar-refractivity contribution >= 4 is 28.9 Å². The molecule has 0 radical (unpaired) electrons. The molecular weight excluding hydrogens is 514 g/mol. The molecule has 0 spiro atoms. The van der Waals surface area contributed by atoms with Crippen molar-refractivity contribution in [3.8, 4) is 11.4 Å². The second-order valence-electron chi connectivity index (χ2n) is 11.5. The van der Waals surface area contributed by atoms with Crippen LogP contribution in [-0.2, 0) is 42.6 Å². The topological polar surface area (TPSA) is 126 Å². The maximum atomic E-state index is 13.7. The van der Waals surface area contributed by atoms with Crippen LogP contribution in [0.1, 0.15) is 64.7 Å². The van der Waals surface area contributed by atoms with E-state index in [0.717, 1.165) is 16.5 Å². The Morgan fingerprint density at radius 3 is 2.58 bits per heavy atom. The average Bonchev–Trinajstić information content (AvgIpc) is 3.24. The number of fused-ring (bicyclic) bond motifs is 5. The van der Waals surface area contributed by atoms with E-state index < -0.39 is 35.3 Å². The van der Waals surface area contributed by atoms with Gasteiger partial charge in [-0.2, -0.15) is 0 Å². The summed E-state index contributed by atoms with van der Waals surface area (Å²) in [7, 11) is 0. The Labute approximate surface area is 231 Å². The molecular formula is C30H33N3O7. The van der Waals surface area contributed by atoms with Gasteiger partial charge < -0.3 is 24.1 Å². The second-order valence-corrected chi connectivity index (χ2v) is 11.5. The Bertz CT molecular complexity index is 1600. The molecule has 0 fully saturated rings. The van der Waals surface area contributed by atoms with Crippen LogP contribution in [0.5, 0.6) is 0 Å². The maximum Gasteiger partial charge on any atom is 0.408 e. The standard InChI is InChI=1S/C30H33N3O7/c1-7-30(39-26(35)23(16(2)3)32-28(37)40-29(4,5)6)20-13-22-24-18(12-17-10-8-9-11-21(17)31-24)14-33(22)25(34)19(20)15-38-27(30)36/h8-13,16,23H,7,14-15H2,1-6H3,(H,32,37)/t23?,30-/m0/s1. The highest BCUT2D eigenvalue weighted by atomic mass is 16.6. The van der Waals surface area contributed by atoms with Gasteiger partial charge in [0, 0.05) is 16.5 Å². The monoisotopic (exact) mass is 547 g/mol. The van der Waals surface area contributed by atoms with E-state index in [9.17, 15) is 19.2 Å². The molecule has 4 heterocycles. The summed E-state index contributed by atoms with van der Waals surface area (Å²) in [5.74, 6) is -2.00. The Hall–Kier alpha value is -4.21. The highest BCUT2D eigenvalue weighted by molar-refractivity contribution is 5.90. The first-order valence-corrected chi connectivity index (χ1v) is 13.4. The van der Waals surface area contributed by atoms with Gasteiger partial charge >= 0.3 is 18.0 Å². The van der Waals surface area contributed by atoms with Crippen LogP contribution in [0.2, 0.25) is 0 Å². The summed E-state index contributed by atoms with van der Waals surface area (Å²) in [6.07, 6.45) is -0.769. The molecule has 1 unspecified atom stereocenters. The lowest BCUT2D eigenvalue weighted by atomic mass is 9.85. The van der Waals surface area contributed by atoms with Crippen LogP contribution in [0, 0.1) is 5.92 Å². The van der Waals surface area contributed by atoms with Crippen molar-refractivity contribution in [1.29, 1.82) is 0 Å². The number of hydrogen-bond donors (Lipinski definition) is 1. The molecule has 40 heavy (non-hydrogen) atoms. The van der Waals surface area contributed by atoms with E-state index >= 15 is 0 Å². The lowest BCUT2D eigenvalue weighted by Gasteiger charge is -2.37. The number of carbonyl (C=O) groups excluding carboxylic acids is 3. The zero-order chi connectivity index (χ0) is 29.0. The van der Waals surface area contributed by atoms with Crippen molar-refractivity contribution in [3.63, 3.8) is 0 Å². The molecule has 2 atom stereocenters. The molecule has 10 heteroatoms. The molecule has 5 rings (SSSR count). The minimum Gasteiger partial charge on any atom is -0.457 e. The first-order valence-electron chi connectivity index (χ1n) is 13.4. The predicted molar refractivity (Wildman–Crippen MR) is 146 cm³/mol. The third kappa shape index (κ3) is 4.61. The van der Waals surface area contributed by atoms with E-state index in [4.69, 9.17) is 19.2 Å². The van der Waals surface area contributed by atoms with Crippen LogP contribution < -0.4 is 10.9 Å².